The van der Waals surface area contributed by atoms with Crippen LogP contribution in [-0.2, 0) is 0 Å². The molecule has 0 saturated heterocycles. The summed E-state index contributed by atoms with van der Waals surface area (Å²) in [6, 6.07) is 0.538. The van der Waals surface area contributed by atoms with Crippen LogP contribution < -0.4 is 11.1 Å². The quantitative estimate of drug-likeness (QED) is 0.738. The molecule has 2 atom stereocenters. The second-order valence-corrected chi connectivity index (χ2v) is 6.03. The molecule has 2 aliphatic carbocycles. The molecule has 0 aromatic carbocycles. The Bertz CT molecular complexity index is 633. The SMILES string of the molecule is C[C@@H]1C=C[C@H](C)C1.Nc1nc(NC2CC2)c2[nH]cnc2n1. The number of nitrogens with two attached hydrogens (primary N) is 1. The van der Waals surface area contributed by atoms with Crippen molar-refractivity contribution < 1.29 is 0 Å². The molecule has 0 amide bonds. The lowest BCUT2D eigenvalue weighted by atomic mass is 10.1. The molecule has 2 heterocycles. The maximum Gasteiger partial charge on any atom is 0.224 e. The number of H-pyrrole nitrogens is 1. The van der Waals surface area contributed by atoms with E-state index in [9.17, 15) is 0 Å². The molecule has 2 aromatic rings. The molecule has 4 N–H and O–H groups in total. The zero-order valence-electron chi connectivity index (χ0n) is 12.5. The van der Waals surface area contributed by atoms with Crippen LogP contribution in [0, 0.1) is 11.8 Å². The van der Waals surface area contributed by atoms with Crippen molar-refractivity contribution in [2.45, 2.75) is 39.2 Å². The van der Waals surface area contributed by atoms with Crippen molar-refractivity contribution in [2.75, 3.05) is 11.1 Å². The van der Waals surface area contributed by atoms with Crippen LogP contribution in [0.5, 0.6) is 0 Å². The second-order valence-electron chi connectivity index (χ2n) is 6.03. The van der Waals surface area contributed by atoms with Gasteiger partial charge in [0.05, 0.1) is 6.33 Å². The Morgan fingerprint density at radius 2 is 1.90 bits per heavy atom. The summed E-state index contributed by atoms with van der Waals surface area (Å²) in [4.78, 5) is 15.2. The van der Waals surface area contributed by atoms with E-state index in [4.69, 9.17) is 5.73 Å². The third kappa shape index (κ3) is 3.51. The topological polar surface area (TPSA) is 92.5 Å². The maximum absolute atomic E-state index is 5.56. The van der Waals surface area contributed by atoms with Crippen molar-refractivity contribution in [3.05, 3.63) is 18.5 Å². The summed E-state index contributed by atoms with van der Waals surface area (Å²) in [5.74, 6) is 2.70. The first kappa shape index (κ1) is 13.9. The molecule has 112 valence electrons. The van der Waals surface area contributed by atoms with Gasteiger partial charge in [0.25, 0.3) is 0 Å². The summed E-state index contributed by atoms with van der Waals surface area (Å²) in [6.45, 7) is 4.53. The first-order valence-corrected chi connectivity index (χ1v) is 7.53. The van der Waals surface area contributed by atoms with Crippen LogP contribution in [0.15, 0.2) is 18.5 Å². The molecule has 21 heavy (non-hydrogen) atoms. The number of hydrogen-bond acceptors (Lipinski definition) is 5. The summed E-state index contributed by atoms with van der Waals surface area (Å²) < 4.78 is 0. The summed E-state index contributed by atoms with van der Waals surface area (Å²) in [7, 11) is 0. The third-order valence-electron chi connectivity index (χ3n) is 3.73. The number of allylic oxidation sites excluding steroid dienone is 2. The summed E-state index contributed by atoms with van der Waals surface area (Å²) >= 11 is 0. The standard InChI is InChI=1S/C8H10N6.C7H12/c9-8-13-6-5(10-3-11-6)7(14-8)12-4-1-2-4;1-6-3-4-7(2)5-6/h3-4H,1-2H2,(H4,9,10,11,12,13,14);3-4,6-7H,5H2,1-2H3/t;6-,7+. The molecular formula is C15H22N6. The van der Waals surface area contributed by atoms with Crippen LogP contribution in [0.25, 0.3) is 11.2 Å². The van der Waals surface area contributed by atoms with Crippen LogP contribution in [0.4, 0.5) is 11.8 Å². The Kier molecular flexibility index (Phi) is 3.77. The average Bonchev–Trinajstić information content (AvgIpc) is 2.97. The fraction of sp³-hybridized carbons (Fsp3) is 0.533. The van der Waals surface area contributed by atoms with Crippen LogP contribution >= 0.6 is 0 Å². The van der Waals surface area contributed by atoms with Crippen molar-refractivity contribution >= 4 is 22.9 Å². The molecule has 6 heteroatoms. The Labute approximate surface area is 124 Å². The van der Waals surface area contributed by atoms with Gasteiger partial charge in [0.1, 0.15) is 5.52 Å². The Balaban J connectivity index is 0.000000160. The molecular weight excluding hydrogens is 264 g/mol. The van der Waals surface area contributed by atoms with Gasteiger partial charge in [-0.25, -0.2) is 4.98 Å². The molecule has 2 aliphatic rings. The van der Waals surface area contributed by atoms with E-state index in [2.05, 4.69) is 51.3 Å². The molecule has 4 rings (SSSR count). The minimum Gasteiger partial charge on any atom is -0.368 e. The minimum absolute atomic E-state index is 0.257. The summed E-state index contributed by atoms with van der Waals surface area (Å²) in [5, 5.41) is 3.28. The fourth-order valence-corrected chi connectivity index (χ4v) is 2.50. The monoisotopic (exact) mass is 286 g/mol. The number of aromatic amines is 1. The first-order chi connectivity index (χ1) is 10.1. The highest BCUT2D eigenvalue weighted by Gasteiger charge is 2.23. The van der Waals surface area contributed by atoms with Gasteiger partial charge in [-0.3, -0.25) is 0 Å². The Morgan fingerprint density at radius 3 is 2.48 bits per heavy atom. The molecule has 2 aromatic heterocycles. The van der Waals surface area contributed by atoms with Gasteiger partial charge in [0.2, 0.25) is 5.95 Å². The second kappa shape index (κ2) is 5.71. The highest BCUT2D eigenvalue weighted by molar-refractivity contribution is 5.83. The Hall–Kier alpha value is -2.11. The highest BCUT2D eigenvalue weighted by atomic mass is 15.1. The zero-order chi connectivity index (χ0) is 14.8. The van der Waals surface area contributed by atoms with E-state index in [-0.39, 0.29) is 5.95 Å². The van der Waals surface area contributed by atoms with E-state index >= 15 is 0 Å². The average molecular weight is 286 g/mol. The van der Waals surface area contributed by atoms with Crippen molar-refractivity contribution in [1.82, 2.24) is 19.9 Å². The van der Waals surface area contributed by atoms with Crippen LogP contribution in [0.2, 0.25) is 0 Å². The van der Waals surface area contributed by atoms with Gasteiger partial charge >= 0.3 is 0 Å². The zero-order valence-corrected chi connectivity index (χ0v) is 12.5. The number of anilines is 2. The number of nitrogens with zero attached hydrogens (tertiary/aromatic N) is 3. The van der Waals surface area contributed by atoms with E-state index in [0.717, 1.165) is 23.2 Å². The first-order valence-electron chi connectivity index (χ1n) is 7.53. The largest absolute Gasteiger partial charge is 0.368 e. The van der Waals surface area contributed by atoms with Gasteiger partial charge in [0.15, 0.2) is 11.5 Å². The minimum atomic E-state index is 0.257. The number of aromatic nitrogens is 4. The lowest BCUT2D eigenvalue weighted by Gasteiger charge is -2.04. The van der Waals surface area contributed by atoms with E-state index < -0.39 is 0 Å². The molecule has 6 nitrogen and oxygen atoms in total. The number of fused-ring (bicyclic) bond motifs is 1. The molecule has 0 bridgehead atoms. The highest BCUT2D eigenvalue weighted by Crippen LogP contribution is 2.26. The normalized spacial score (nSPS) is 23.9. The molecule has 0 unspecified atom stereocenters. The number of rotatable bonds is 2. The predicted octanol–water partition coefficient (Wildman–Crippen LogP) is 2.73. The fourth-order valence-electron chi connectivity index (χ4n) is 2.50. The Morgan fingerprint density at radius 1 is 1.19 bits per heavy atom. The number of hydrogen-bond donors (Lipinski definition) is 3. The van der Waals surface area contributed by atoms with Gasteiger partial charge in [-0.15, -0.1) is 0 Å². The lowest BCUT2D eigenvalue weighted by Crippen LogP contribution is -2.06. The smallest absolute Gasteiger partial charge is 0.224 e. The van der Waals surface area contributed by atoms with E-state index in [1.807, 2.05) is 0 Å². The maximum atomic E-state index is 5.56. The summed E-state index contributed by atoms with van der Waals surface area (Å²) in [6.07, 6.45) is 9.94. The lowest BCUT2D eigenvalue weighted by molar-refractivity contribution is 0.591. The van der Waals surface area contributed by atoms with Gasteiger partial charge in [-0.05, 0) is 31.1 Å². The molecule has 0 radical (unpaired) electrons. The van der Waals surface area contributed by atoms with Crippen LogP contribution in [0.3, 0.4) is 0 Å². The van der Waals surface area contributed by atoms with Crippen molar-refractivity contribution in [2.24, 2.45) is 11.8 Å². The van der Waals surface area contributed by atoms with Gasteiger partial charge in [-0.1, -0.05) is 26.0 Å². The van der Waals surface area contributed by atoms with E-state index in [1.165, 1.54) is 19.3 Å². The number of imidazole rings is 1. The molecule has 0 spiro atoms. The van der Waals surface area contributed by atoms with Crippen molar-refractivity contribution in [1.29, 1.82) is 0 Å². The van der Waals surface area contributed by atoms with Crippen molar-refractivity contribution in [3.8, 4) is 0 Å². The molecule has 0 aliphatic heterocycles. The predicted molar refractivity (Wildman–Crippen MR) is 84.8 cm³/mol. The van der Waals surface area contributed by atoms with Crippen LogP contribution in [-0.4, -0.2) is 26.0 Å². The van der Waals surface area contributed by atoms with E-state index in [0.29, 0.717) is 11.7 Å². The van der Waals surface area contributed by atoms with Gasteiger partial charge in [-0.2, -0.15) is 9.97 Å². The van der Waals surface area contributed by atoms with Gasteiger partial charge < -0.3 is 16.0 Å². The molecule has 1 fully saturated rings. The van der Waals surface area contributed by atoms with Crippen LogP contribution in [0.1, 0.15) is 33.1 Å². The van der Waals surface area contributed by atoms with Crippen molar-refractivity contribution in [3.63, 3.8) is 0 Å². The van der Waals surface area contributed by atoms with E-state index in [1.54, 1.807) is 6.33 Å². The van der Waals surface area contributed by atoms with Gasteiger partial charge in [0, 0.05) is 6.04 Å². The molecule has 1 saturated carbocycles. The number of nitrogen functional groups attached to an aromatic ring is 1. The third-order valence-corrected chi connectivity index (χ3v) is 3.73. The number of nitrogens with one attached hydrogen (secondary N) is 2. The summed E-state index contributed by atoms with van der Waals surface area (Å²) in [5.41, 5.74) is 7.00.